The first-order chi connectivity index (χ1) is 15.3. The third kappa shape index (κ3) is 4.13. The highest BCUT2D eigenvalue weighted by Crippen LogP contribution is 2.31. The SMILES string of the molecule is Cc1ccc(N2C(=O)C(Cl)=C(Nc3cc(C(=O)N4CC[NH+](C)CC4)ccc3C)C2=O)cc1. The monoisotopic (exact) mass is 453 g/mol. The second kappa shape index (κ2) is 8.76. The lowest BCUT2D eigenvalue weighted by Crippen LogP contribution is -3.12. The zero-order chi connectivity index (χ0) is 23.0. The molecule has 2 aromatic rings. The van der Waals surface area contributed by atoms with Gasteiger partial charge in [-0.3, -0.25) is 14.4 Å². The Bertz CT molecular complexity index is 1120. The standard InChI is InChI=1S/C24H25ClN4O3/c1-15-4-8-18(9-5-15)29-23(31)20(25)21(24(29)32)26-19-14-17(7-6-16(19)2)22(30)28-12-10-27(3)11-13-28/h4-9,14,26H,10-13H2,1-3H3/p+1. The van der Waals surface area contributed by atoms with Gasteiger partial charge in [0, 0.05) is 11.3 Å². The van der Waals surface area contributed by atoms with Crippen LogP contribution in [0.25, 0.3) is 0 Å². The minimum absolute atomic E-state index is 0.00754. The Morgan fingerprint density at radius 3 is 2.31 bits per heavy atom. The summed E-state index contributed by atoms with van der Waals surface area (Å²) in [7, 11) is 2.12. The van der Waals surface area contributed by atoms with Crippen LogP contribution in [0.2, 0.25) is 0 Å². The molecule has 2 N–H and O–H groups in total. The van der Waals surface area contributed by atoms with Gasteiger partial charge in [0.25, 0.3) is 17.7 Å². The molecule has 0 bridgehead atoms. The van der Waals surface area contributed by atoms with Gasteiger partial charge in [0.2, 0.25) is 0 Å². The number of halogens is 1. The number of hydrogen-bond acceptors (Lipinski definition) is 4. The normalized spacial score (nSPS) is 17.4. The summed E-state index contributed by atoms with van der Waals surface area (Å²) in [5.41, 5.74) is 3.41. The summed E-state index contributed by atoms with van der Waals surface area (Å²) >= 11 is 6.27. The van der Waals surface area contributed by atoms with E-state index in [1.54, 1.807) is 24.3 Å². The maximum Gasteiger partial charge on any atom is 0.283 e. The number of anilines is 2. The summed E-state index contributed by atoms with van der Waals surface area (Å²) < 4.78 is 0. The Kier molecular flexibility index (Phi) is 6.04. The number of carbonyl (C=O) groups excluding carboxylic acids is 3. The predicted molar refractivity (Wildman–Crippen MR) is 124 cm³/mol. The third-order valence-corrected chi connectivity index (χ3v) is 6.32. The molecular formula is C24H26ClN4O3+. The molecule has 0 spiro atoms. The third-order valence-electron chi connectivity index (χ3n) is 5.97. The smallest absolute Gasteiger partial charge is 0.283 e. The number of rotatable bonds is 4. The van der Waals surface area contributed by atoms with Gasteiger partial charge in [-0.25, -0.2) is 4.90 Å². The number of carbonyl (C=O) groups is 3. The second-order valence-electron chi connectivity index (χ2n) is 8.37. The number of amides is 3. The minimum atomic E-state index is -0.576. The summed E-state index contributed by atoms with van der Waals surface area (Å²) in [6, 6.07) is 12.4. The van der Waals surface area contributed by atoms with Gasteiger partial charge in [0.1, 0.15) is 10.7 Å². The van der Waals surface area contributed by atoms with Gasteiger partial charge in [-0.05, 0) is 43.7 Å². The summed E-state index contributed by atoms with van der Waals surface area (Å²) in [5.74, 6) is -1.15. The zero-order valence-electron chi connectivity index (χ0n) is 18.4. The maximum absolute atomic E-state index is 13.0. The Labute approximate surface area is 192 Å². The molecule has 2 heterocycles. The number of benzene rings is 2. The van der Waals surface area contributed by atoms with Crippen molar-refractivity contribution in [2.45, 2.75) is 13.8 Å². The fourth-order valence-corrected chi connectivity index (χ4v) is 4.05. The highest BCUT2D eigenvalue weighted by atomic mass is 35.5. The van der Waals surface area contributed by atoms with Crippen molar-refractivity contribution in [1.82, 2.24) is 4.90 Å². The molecule has 3 amide bonds. The first-order valence-corrected chi connectivity index (χ1v) is 11.0. The van der Waals surface area contributed by atoms with E-state index in [0.717, 1.165) is 29.1 Å². The van der Waals surface area contributed by atoms with E-state index in [9.17, 15) is 14.4 Å². The summed E-state index contributed by atoms with van der Waals surface area (Å²) in [6.45, 7) is 7.03. The number of piperazine rings is 1. The van der Waals surface area contributed by atoms with Crippen LogP contribution >= 0.6 is 11.6 Å². The molecule has 166 valence electrons. The molecule has 0 unspecified atom stereocenters. The highest BCUT2D eigenvalue weighted by molar-refractivity contribution is 6.53. The predicted octanol–water partition coefficient (Wildman–Crippen LogP) is 1.71. The van der Waals surface area contributed by atoms with Gasteiger partial charge in [0.15, 0.2) is 0 Å². The molecule has 0 aromatic heterocycles. The first-order valence-electron chi connectivity index (χ1n) is 10.6. The van der Waals surface area contributed by atoms with Crippen molar-refractivity contribution in [3.05, 3.63) is 69.9 Å². The number of aryl methyl sites for hydroxylation is 2. The van der Waals surface area contributed by atoms with E-state index in [4.69, 9.17) is 11.6 Å². The quantitative estimate of drug-likeness (QED) is 0.691. The average Bonchev–Trinajstić information content (AvgIpc) is 2.99. The van der Waals surface area contributed by atoms with E-state index in [1.807, 2.05) is 36.9 Å². The van der Waals surface area contributed by atoms with Gasteiger partial charge in [-0.1, -0.05) is 35.4 Å². The molecule has 32 heavy (non-hydrogen) atoms. The lowest BCUT2D eigenvalue weighted by Gasteiger charge is -2.30. The van der Waals surface area contributed by atoms with Crippen molar-refractivity contribution in [3.8, 4) is 0 Å². The molecular weight excluding hydrogens is 428 g/mol. The van der Waals surface area contributed by atoms with Crippen molar-refractivity contribution >= 4 is 40.7 Å². The molecule has 2 aliphatic rings. The Morgan fingerprint density at radius 2 is 1.66 bits per heavy atom. The van der Waals surface area contributed by atoms with Crippen LogP contribution in [-0.4, -0.2) is 55.8 Å². The average molecular weight is 454 g/mol. The van der Waals surface area contributed by atoms with E-state index in [-0.39, 0.29) is 16.6 Å². The van der Waals surface area contributed by atoms with E-state index >= 15 is 0 Å². The van der Waals surface area contributed by atoms with E-state index in [2.05, 4.69) is 12.4 Å². The van der Waals surface area contributed by atoms with Crippen LogP contribution in [-0.2, 0) is 9.59 Å². The molecule has 1 saturated heterocycles. The van der Waals surface area contributed by atoms with Crippen molar-refractivity contribution in [3.63, 3.8) is 0 Å². The molecule has 0 atom stereocenters. The number of nitrogens with one attached hydrogen (secondary N) is 2. The van der Waals surface area contributed by atoms with Gasteiger partial charge in [0.05, 0.1) is 38.9 Å². The maximum atomic E-state index is 13.0. The Balaban J connectivity index is 1.57. The van der Waals surface area contributed by atoms with Crippen molar-refractivity contribution < 1.29 is 19.3 Å². The van der Waals surface area contributed by atoms with Crippen LogP contribution in [0, 0.1) is 13.8 Å². The van der Waals surface area contributed by atoms with Crippen molar-refractivity contribution in [2.24, 2.45) is 0 Å². The fraction of sp³-hybridized carbons (Fsp3) is 0.292. The van der Waals surface area contributed by atoms with Crippen molar-refractivity contribution in [2.75, 3.05) is 43.4 Å². The van der Waals surface area contributed by atoms with Crippen LogP contribution < -0.4 is 15.1 Å². The first kappa shape index (κ1) is 22.0. The molecule has 8 heteroatoms. The fourth-order valence-electron chi connectivity index (χ4n) is 3.84. The van der Waals surface area contributed by atoms with Crippen LogP contribution in [0.15, 0.2) is 53.2 Å². The van der Waals surface area contributed by atoms with E-state index < -0.39 is 11.8 Å². The number of hydrogen-bond donors (Lipinski definition) is 2. The number of imide groups is 1. The molecule has 1 fully saturated rings. The zero-order valence-corrected chi connectivity index (χ0v) is 19.1. The van der Waals surface area contributed by atoms with Crippen LogP contribution in [0.3, 0.4) is 0 Å². The molecule has 4 rings (SSSR count). The van der Waals surface area contributed by atoms with Crippen LogP contribution in [0.4, 0.5) is 11.4 Å². The van der Waals surface area contributed by atoms with Gasteiger partial charge in [-0.15, -0.1) is 0 Å². The second-order valence-corrected chi connectivity index (χ2v) is 8.75. The minimum Gasteiger partial charge on any atom is -0.349 e. The summed E-state index contributed by atoms with van der Waals surface area (Å²) in [4.78, 5) is 43.0. The number of likely N-dealkylation sites (N-methyl/N-ethyl adjacent to an activating group) is 1. The lowest BCUT2D eigenvalue weighted by atomic mass is 10.1. The topological polar surface area (TPSA) is 74.2 Å². The van der Waals surface area contributed by atoms with E-state index in [1.165, 1.54) is 4.90 Å². The Hall–Kier alpha value is -3.16. The Morgan fingerprint density at radius 1 is 1.00 bits per heavy atom. The molecule has 2 aromatic carbocycles. The molecule has 0 aliphatic carbocycles. The number of nitrogens with zero attached hydrogens (tertiary/aromatic N) is 2. The highest BCUT2D eigenvalue weighted by Gasteiger charge is 2.39. The lowest BCUT2D eigenvalue weighted by molar-refractivity contribution is -0.883. The summed E-state index contributed by atoms with van der Waals surface area (Å²) in [6.07, 6.45) is 0. The van der Waals surface area contributed by atoms with Gasteiger partial charge in [-0.2, -0.15) is 0 Å². The van der Waals surface area contributed by atoms with Crippen molar-refractivity contribution in [1.29, 1.82) is 0 Å². The van der Waals surface area contributed by atoms with Gasteiger partial charge < -0.3 is 15.1 Å². The summed E-state index contributed by atoms with van der Waals surface area (Å²) in [5, 5.41) is 2.84. The van der Waals surface area contributed by atoms with Crippen LogP contribution in [0.1, 0.15) is 21.5 Å². The molecule has 2 aliphatic heterocycles. The van der Waals surface area contributed by atoms with Gasteiger partial charge >= 0.3 is 0 Å². The van der Waals surface area contributed by atoms with E-state index in [0.29, 0.717) is 30.0 Å². The molecule has 7 nitrogen and oxygen atoms in total. The molecule has 0 radical (unpaired) electrons. The molecule has 0 saturated carbocycles. The largest absolute Gasteiger partial charge is 0.349 e. The van der Waals surface area contributed by atoms with Crippen LogP contribution in [0.5, 0.6) is 0 Å². The number of quaternary nitrogens is 1.